The molecule has 3 nitrogen and oxygen atoms in total. The summed E-state index contributed by atoms with van der Waals surface area (Å²) < 4.78 is 0. The van der Waals surface area contributed by atoms with Crippen molar-refractivity contribution in [1.82, 2.24) is 4.90 Å². The normalized spacial score (nSPS) is 10.9. The van der Waals surface area contributed by atoms with E-state index in [4.69, 9.17) is 11.5 Å². The van der Waals surface area contributed by atoms with Gasteiger partial charge in [0, 0.05) is 32.7 Å². The number of rotatable bonds is 6. The third-order valence-electron chi connectivity index (χ3n) is 2.42. The van der Waals surface area contributed by atoms with Crippen LogP contribution >= 0.6 is 0 Å². The SMILES string of the molecule is Cc1ccc(CN(CCN)CCN)cc1. The van der Waals surface area contributed by atoms with Crippen LogP contribution in [0, 0.1) is 6.92 Å². The molecular weight excluding hydrogens is 186 g/mol. The van der Waals surface area contributed by atoms with Gasteiger partial charge in [0.2, 0.25) is 0 Å². The molecule has 15 heavy (non-hydrogen) atoms. The van der Waals surface area contributed by atoms with Crippen molar-refractivity contribution in [2.75, 3.05) is 26.2 Å². The summed E-state index contributed by atoms with van der Waals surface area (Å²) in [6.45, 7) is 6.23. The van der Waals surface area contributed by atoms with Crippen LogP contribution in [0.2, 0.25) is 0 Å². The molecule has 0 aromatic heterocycles. The molecule has 0 amide bonds. The molecular formula is C12H21N3. The van der Waals surface area contributed by atoms with Crippen molar-refractivity contribution in [3.8, 4) is 0 Å². The highest BCUT2D eigenvalue weighted by atomic mass is 15.1. The lowest BCUT2D eigenvalue weighted by atomic mass is 10.1. The molecule has 1 aromatic rings. The second kappa shape index (κ2) is 6.56. The second-order valence-corrected chi connectivity index (χ2v) is 3.84. The van der Waals surface area contributed by atoms with Crippen molar-refractivity contribution in [3.63, 3.8) is 0 Å². The average molecular weight is 207 g/mol. The van der Waals surface area contributed by atoms with Crippen LogP contribution in [0.15, 0.2) is 24.3 Å². The molecule has 0 atom stereocenters. The number of nitrogens with zero attached hydrogens (tertiary/aromatic N) is 1. The van der Waals surface area contributed by atoms with E-state index >= 15 is 0 Å². The first-order chi connectivity index (χ1) is 7.26. The first-order valence-corrected chi connectivity index (χ1v) is 5.44. The Balaban J connectivity index is 2.53. The van der Waals surface area contributed by atoms with Gasteiger partial charge in [-0.05, 0) is 12.5 Å². The fraction of sp³-hybridized carbons (Fsp3) is 0.500. The van der Waals surface area contributed by atoms with E-state index in [1.807, 2.05) is 0 Å². The molecule has 0 radical (unpaired) electrons. The van der Waals surface area contributed by atoms with Crippen molar-refractivity contribution in [2.45, 2.75) is 13.5 Å². The molecule has 1 rings (SSSR count). The Kier molecular flexibility index (Phi) is 5.32. The van der Waals surface area contributed by atoms with Crippen molar-refractivity contribution < 1.29 is 0 Å². The van der Waals surface area contributed by atoms with E-state index in [0.717, 1.165) is 19.6 Å². The van der Waals surface area contributed by atoms with Gasteiger partial charge < -0.3 is 11.5 Å². The molecule has 0 fully saturated rings. The quantitative estimate of drug-likeness (QED) is 0.722. The third kappa shape index (κ3) is 4.42. The molecule has 0 heterocycles. The maximum absolute atomic E-state index is 5.55. The summed E-state index contributed by atoms with van der Waals surface area (Å²) in [5.74, 6) is 0. The zero-order valence-corrected chi connectivity index (χ0v) is 9.45. The van der Waals surface area contributed by atoms with E-state index in [0.29, 0.717) is 13.1 Å². The minimum absolute atomic E-state index is 0.686. The summed E-state index contributed by atoms with van der Waals surface area (Å²) in [4.78, 5) is 2.28. The van der Waals surface area contributed by atoms with E-state index in [1.165, 1.54) is 11.1 Å². The molecule has 84 valence electrons. The van der Waals surface area contributed by atoms with E-state index < -0.39 is 0 Å². The summed E-state index contributed by atoms with van der Waals surface area (Å²) in [5.41, 5.74) is 13.7. The Morgan fingerprint density at radius 1 is 1.00 bits per heavy atom. The van der Waals surface area contributed by atoms with Crippen molar-refractivity contribution >= 4 is 0 Å². The van der Waals surface area contributed by atoms with Gasteiger partial charge in [-0.3, -0.25) is 4.90 Å². The number of nitrogens with two attached hydrogens (primary N) is 2. The van der Waals surface area contributed by atoms with Crippen LogP contribution in [-0.4, -0.2) is 31.1 Å². The molecule has 0 unspecified atom stereocenters. The summed E-state index contributed by atoms with van der Waals surface area (Å²) >= 11 is 0. The van der Waals surface area contributed by atoms with Gasteiger partial charge >= 0.3 is 0 Å². The van der Waals surface area contributed by atoms with Crippen LogP contribution in [0.25, 0.3) is 0 Å². The van der Waals surface area contributed by atoms with Gasteiger partial charge in [0.05, 0.1) is 0 Å². The zero-order chi connectivity index (χ0) is 11.1. The van der Waals surface area contributed by atoms with Gasteiger partial charge in [-0.1, -0.05) is 29.8 Å². The first-order valence-electron chi connectivity index (χ1n) is 5.44. The van der Waals surface area contributed by atoms with Gasteiger partial charge in [-0.15, -0.1) is 0 Å². The molecule has 4 N–H and O–H groups in total. The summed E-state index contributed by atoms with van der Waals surface area (Å²) in [5, 5.41) is 0. The van der Waals surface area contributed by atoms with Crippen molar-refractivity contribution in [1.29, 1.82) is 0 Å². The molecule has 0 aliphatic carbocycles. The molecule has 0 aliphatic heterocycles. The summed E-state index contributed by atoms with van der Waals surface area (Å²) in [6.07, 6.45) is 0. The van der Waals surface area contributed by atoms with Crippen LogP contribution in [0.4, 0.5) is 0 Å². The van der Waals surface area contributed by atoms with Gasteiger partial charge in [-0.2, -0.15) is 0 Å². The molecule has 3 heteroatoms. The Hall–Kier alpha value is -0.900. The minimum atomic E-state index is 0.686. The number of hydrogen-bond acceptors (Lipinski definition) is 3. The van der Waals surface area contributed by atoms with E-state index in [1.54, 1.807) is 0 Å². The maximum atomic E-state index is 5.55. The van der Waals surface area contributed by atoms with Gasteiger partial charge in [0.15, 0.2) is 0 Å². The Morgan fingerprint density at radius 3 is 2.00 bits per heavy atom. The lowest BCUT2D eigenvalue weighted by Crippen LogP contribution is -2.33. The lowest BCUT2D eigenvalue weighted by molar-refractivity contribution is 0.281. The van der Waals surface area contributed by atoms with Crippen molar-refractivity contribution in [3.05, 3.63) is 35.4 Å². The monoisotopic (exact) mass is 207 g/mol. The molecule has 0 bridgehead atoms. The fourth-order valence-electron chi connectivity index (χ4n) is 1.59. The Morgan fingerprint density at radius 2 is 1.53 bits per heavy atom. The second-order valence-electron chi connectivity index (χ2n) is 3.84. The van der Waals surface area contributed by atoms with Crippen LogP contribution in [0.1, 0.15) is 11.1 Å². The molecule has 0 saturated heterocycles. The maximum Gasteiger partial charge on any atom is 0.0234 e. The standard InChI is InChI=1S/C12H21N3/c1-11-2-4-12(5-3-11)10-15(8-6-13)9-7-14/h2-5H,6-10,13-14H2,1H3. The van der Waals surface area contributed by atoms with Crippen molar-refractivity contribution in [2.24, 2.45) is 11.5 Å². The zero-order valence-electron chi connectivity index (χ0n) is 9.45. The van der Waals surface area contributed by atoms with Crippen LogP contribution in [-0.2, 0) is 6.54 Å². The summed E-state index contributed by atoms with van der Waals surface area (Å²) in [7, 11) is 0. The van der Waals surface area contributed by atoms with Gasteiger partial charge in [0.1, 0.15) is 0 Å². The topological polar surface area (TPSA) is 55.3 Å². The van der Waals surface area contributed by atoms with Gasteiger partial charge in [0.25, 0.3) is 0 Å². The largest absolute Gasteiger partial charge is 0.329 e. The van der Waals surface area contributed by atoms with Crippen LogP contribution in [0.5, 0.6) is 0 Å². The number of hydrogen-bond donors (Lipinski definition) is 2. The Bertz CT molecular complexity index is 263. The number of aryl methyl sites for hydroxylation is 1. The highest BCUT2D eigenvalue weighted by Crippen LogP contribution is 2.06. The molecule has 0 aliphatic rings. The Labute approximate surface area is 92.1 Å². The first kappa shape index (κ1) is 12.2. The molecule has 1 aromatic carbocycles. The fourth-order valence-corrected chi connectivity index (χ4v) is 1.59. The number of benzene rings is 1. The minimum Gasteiger partial charge on any atom is -0.329 e. The lowest BCUT2D eigenvalue weighted by Gasteiger charge is -2.20. The van der Waals surface area contributed by atoms with Gasteiger partial charge in [-0.25, -0.2) is 0 Å². The third-order valence-corrected chi connectivity index (χ3v) is 2.42. The van der Waals surface area contributed by atoms with E-state index in [9.17, 15) is 0 Å². The smallest absolute Gasteiger partial charge is 0.0234 e. The van der Waals surface area contributed by atoms with E-state index in [2.05, 4.69) is 36.1 Å². The highest BCUT2D eigenvalue weighted by molar-refractivity contribution is 5.21. The predicted octanol–water partition coefficient (Wildman–Crippen LogP) is 0.714. The molecule has 0 spiro atoms. The average Bonchev–Trinajstić information content (AvgIpc) is 2.22. The predicted molar refractivity (Wildman–Crippen MR) is 64.6 cm³/mol. The molecule has 0 saturated carbocycles. The summed E-state index contributed by atoms with van der Waals surface area (Å²) in [6, 6.07) is 8.60. The van der Waals surface area contributed by atoms with Crippen LogP contribution in [0.3, 0.4) is 0 Å². The van der Waals surface area contributed by atoms with Crippen LogP contribution < -0.4 is 11.5 Å². The van der Waals surface area contributed by atoms with E-state index in [-0.39, 0.29) is 0 Å². The highest BCUT2D eigenvalue weighted by Gasteiger charge is 2.03.